The van der Waals surface area contributed by atoms with E-state index in [2.05, 4.69) is 9.97 Å². The lowest BCUT2D eigenvalue weighted by Crippen LogP contribution is -2.10. The molecule has 0 atom stereocenters. The third-order valence-electron chi connectivity index (χ3n) is 1.50. The van der Waals surface area contributed by atoms with Gasteiger partial charge in [0.05, 0.1) is 19.0 Å². The summed E-state index contributed by atoms with van der Waals surface area (Å²) < 4.78 is 40.1. The van der Waals surface area contributed by atoms with E-state index in [1.54, 1.807) is 0 Å². The van der Waals surface area contributed by atoms with Gasteiger partial charge in [-0.1, -0.05) is 0 Å². The number of hydrogen-bond donors (Lipinski definition) is 1. The third kappa shape index (κ3) is 5.04. The Bertz CT molecular complexity index is 299. The molecule has 2 N–H and O–H groups in total. The molecule has 0 radical (unpaired) electrons. The molecule has 0 saturated carbocycles. The van der Waals surface area contributed by atoms with Crippen LogP contribution in [0.2, 0.25) is 0 Å². The van der Waals surface area contributed by atoms with E-state index in [-0.39, 0.29) is 24.7 Å². The van der Waals surface area contributed by atoms with Crippen LogP contribution in [0.3, 0.4) is 0 Å². The third-order valence-corrected chi connectivity index (χ3v) is 1.50. The number of alkyl halides is 3. The number of hydrogen-bond acceptors (Lipinski definition) is 4. The van der Waals surface area contributed by atoms with Crippen molar-refractivity contribution in [2.75, 3.05) is 12.3 Å². The average Bonchev–Trinajstić information content (AvgIpc) is 2.14. The van der Waals surface area contributed by atoms with Gasteiger partial charge in [-0.05, 0) is 6.42 Å². The van der Waals surface area contributed by atoms with Crippen LogP contribution < -0.4 is 10.5 Å². The Hall–Kier alpha value is -1.53. The molecule has 0 spiro atoms. The molecule has 1 heterocycles. The standard InChI is InChI=1S/C8H10F3N3O/c9-8(10,11)2-1-3-15-7-5-13-6(12)4-14-7/h4-5H,1-3H2,(H2,12,13). The molecule has 0 unspecified atom stereocenters. The molecule has 0 aliphatic heterocycles. The van der Waals surface area contributed by atoms with Crippen LogP contribution in [0.4, 0.5) is 19.0 Å². The van der Waals surface area contributed by atoms with Gasteiger partial charge in [0.25, 0.3) is 0 Å². The van der Waals surface area contributed by atoms with Crippen LogP contribution in [0.15, 0.2) is 12.4 Å². The van der Waals surface area contributed by atoms with Crippen LogP contribution >= 0.6 is 0 Å². The second-order valence-corrected chi connectivity index (χ2v) is 2.85. The molecule has 15 heavy (non-hydrogen) atoms. The van der Waals surface area contributed by atoms with Gasteiger partial charge in [-0.2, -0.15) is 13.2 Å². The van der Waals surface area contributed by atoms with Crippen LogP contribution in [0, 0.1) is 0 Å². The van der Waals surface area contributed by atoms with Crippen molar-refractivity contribution in [1.29, 1.82) is 0 Å². The summed E-state index contributed by atoms with van der Waals surface area (Å²) in [4.78, 5) is 7.40. The van der Waals surface area contributed by atoms with Gasteiger partial charge in [-0.25, -0.2) is 9.97 Å². The normalized spacial score (nSPS) is 11.4. The molecule has 0 amide bonds. The van der Waals surface area contributed by atoms with E-state index in [4.69, 9.17) is 10.5 Å². The highest BCUT2D eigenvalue weighted by Gasteiger charge is 2.26. The van der Waals surface area contributed by atoms with E-state index < -0.39 is 12.6 Å². The van der Waals surface area contributed by atoms with Gasteiger partial charge >= 0.3 is 6.18 Å². The molecule has 1 rings (SSSR count). The highest BCUT2D eigenvalue weighted by atomic mass is 19.4. The Labute approximate surface area is 84.3 Å². The Morgan fingerprint density at radius 3 is 2.53 bits per heavy atom. The molecule has 0 fully saturated rings. The summed E-state index contributed by atoms with van der Waals surface area (Å²) in [6, 6.07) is 0. The van der Waals surface area contributed by atoms with Crippen LogP contribution in [0.1, 0.15) is 12.8 Å². The Kier molecular flexibility index (Phi) is 3.70. The highest BCUT2D eigenvalue weighted by Crippen LogP contribution is 2.21. The van der Waals surface area contributed by atoms with Gasteiger partial charge in [0.15, 0.2) is 0 Å². The molecule has 84 valence electrons. The zero-order valence-corrected chi connectivity index (χ0v) is 7.79. The van der Waals surface area contributed by atoms with E-state index in [1.807, 2.05) is 0 Å². The highest BCUT2D eigenvalue weighted by molar-refractivity contribution is 5.24. The maximum atomic E-state index is 11.7. The summed E-state index contributed by atoms with van der Waals surface area (Å²) in [5.41, 5.74) is 5.26. The zero-order chi connectivity index (χ0) is 11.3. The molecule has 0 aliphatic carbocycles. The van der Waals surface area contributed by atoms with E-state index in [0.29, 0.717) is 0 Å². The van der Waals surface area contributed by atoms with Gasteiger partial charge in [0, 0.05) is 6.42 Å². The number of nitrogen functional groups attached to an aromatic ring is 1. The molecule has 7 heteroatoms. The van der Waals surface area contributed by atoms with E-state index in [9.17, 15) is 13.2 Å². The largest absolute Gasteiger partial charge is 0.477 e. The van der Waals surface area contributed by atoms with E-state index in [1.165, 1.54) is 12.4 Å². The number of halogens is 3. The first-order chi connectivity index (χ1) is 6.97. The minimum Gasteiger partial charge on any atom is -0.477 e. The molecule has 1 aromatic rings. The van der Waals surface area contributed by atoms with Crippen molar-refractivity contribution < 1.29 is 17.9 Å². The minimum atomic E-state index is -4.14. The summed E-state index contributed by atoms with van der Waals surface area (Å²) in [6.07, 6.45) is -2.57. The fourth-order valence-corrected chi connectivity index (χ4v) is 0.850. The van der Waals surface area contributed by atoms with Crippen LogP contribution in [0.5, 0.6) is 5.88 Å². The van der Waals surface area contributed by atoms with Crippen LogP contribution in [-0.2, 0) is 0 Å². The van der Waals surface area contributed by atoms with Crippen molar-refractivity contribution in [3.05, 3.63) is 12.4 Å². The SMILES string of the molecule is Nc1cnc(OCCCC(F)(F)F)cn1. The monoisotopic (exact) mass is 221 g/mol. The lowest BCUT2D eigenvalue weighted by Gasteiger charge is -2.06. The molecular weight excluding hydrogens is 211 g/mol. The lowest BCUT2D eigenvalue weighted by atomic mass is 10.3. The topological polar surface area (TPSA) is 61.0 Å². The average molecular weight is 221 g/mol. The fraction of sp³-hybridized carbons (Fsp3) is 0.500. The summed E-state index contributed by atoms with van der Waals surface area (Å²) >= 11 is 0. The quantitative estimate of drug-likeness (QED) is 0.787. The summed E-state index contributed by atoms with van der Waals surface area (Å²) in [7, 11) is 0. The predicted molar refractivity (Wildman–Crippen MR) is 47.2 cm³/mol. The maximum absolute atomic E-state index is 11.7. The summed E-state index contributed by atoms with van der Waals surface area (Å²) in [6.45, 7) is -0.0435. The second-order valence-electron chi connectivity index (χ2n) is 2.85. The number of rotatable bonds is 4. The molecular formula is C8H10F3N3O. The minimum absolute atomic E-state index is 0.0435. The van der Waals surface area contributed by atoms with Gasteiger partial charge in [-0.3, -0.25) is 0 Å². The van der Waals surface area contributed by atoms with Gasteiger partial charge in [-0.15, -0.1) is 0 Å². The van der Waals surface area contributed by atoms with E-state index >= 15 is 0 Å². The van der Waals surface area contributed by atoms with Gasteiger partial charge in [0.2, 0.25) is 5.88 Å². The molecule has 0 bridgehead atoms. The maximum Gasteiger partial charge on any atom is 0.389 e. The first-order valence-corrected chi connectivity index (χ1v) is 4.24. The molecule has 1 aromatic heterocycles. The molecule has 4 nitrogen and oxygen atoms in total. The van der Waals surface area contributed by atoms with Crippen molar-refractivity contribution in [2.45, 2.75) is 19.0 Å². The number of ether oxygens (including phenoxy) is 1. The van der Waals surface area contributed by atoms with Crippen molar-refractivity contribution >= 4 is 5.82 Å². The summed E-state index contributed by atoms with van der Waals surface area (Å²) in [5.74, 6) is 0.406. The first-order valence-electron chi connectivity index (χ1n) is 4.24. The first kappa shape index (κ1) is 11.5. The summed E-state index contributed by atoms with van der Waals surface area (Å²) in [5, 5.41) is 0. The molecule has 0 aliphatic rings. The van der Waals surface area contributed by atoms with E-state index in [0.717, 1.165) is 0 Å². The number of nitrogens with zero attached hydrogens (tertiary/aromatic N) is 2. The Morgan fingerprint density at radius 2 is 2.00 bits per heavy atom. The fourth-order valence-electron chi connectivity index (χ4n) is 0.850. The van der Waals surface area contributed by atoms with Crippen molar-refractivity contribution in [1.82, 2.24) is 9.97 Å². The van der Waals surface area contributed by atoms with Crippen LogP contribution in [-0.4, -0.2) is 22.8 Å². The van der Waals surface area contributed by atoms with Gasteiger partial charge < -0.3 is 10.5 Å². The predicted octanol–water partition coefficient (Wildman–Crippen LogP) is 1.78. The van der Waals surface area contributed by atoms with Crippen molar-refractivity contribution in [3.63, 3.8) is 0 Å². The van der Waals surface area contributed by atoms with Gasteiger partial charge in [0.1, 0.15) is 5.82 Å². The number of nitrogens with two attached hydrogens (primary N) is 1. The Morgan fingerprint density at radius 1 is 1.27 bits per heavy atom. The molecule has 0 saturated heterocycles. The number of aromatic nitrogens is 2. The smallest absolute Gasteiger partial charge is 0.389 e. The zero-order valence-electron chi connectivity index (χ0n) is 7.79. The Balaban J connectivity index is 2.23. The second kappa shape index (κ2) is 4.81. The lowest BCUT2D eigenvalue weighted by molar-refractivity contribution is -0.136. The van der Waals surface area contributed by atoms with Crippen molar-refractivity contribution in [2.24, 2.45) is 0 Å². The van der Waals surface area contributed by atoms with Crippen molar-refractivity contribution in [3.8, 4) is 5.88 Å². The molecule has 0 aromatic carbocycles. The number of anilines is 1. The van der Waals surface area contributed by atoms with Crippen LogP contribution in [0.25, 0.3) is 0 Å².